The van der Waals surface area contributed by atoms with Crippen molar-refractivity contribution in [3.8, 4) is 0 Å². The Morgan fingerprint density at radius 1 is 1.28 bits per heavy atom. The third kappa shape index (κ3) is 4.86. The maximum absolute atomic E-state index is 10.9. The lowest BCUT2D eigenvalue weighted by atomic mass is 10.1. The van der Waals surface area contributed by atoms with E-state index in [4.69, 9.17) is 5.11 Å². The molecule has 3 heteroatoms. The highest BCUT2D eigenvalue weighted by Crippen LogP contribution is 2.04. The minimum absolute atomic E-state index is 0.113. The molecule has 18 heavy (non-hydrogen) atoms. The summed E-state index contributed by atoms with van der Waals surface area (Å²) in [6.45, 7) is 5.21. The van der Waals surface area contributed by atoms with Gasteiger partial charge in [-0.05, 0) is 18.4 Å². The maximum Gasteiger partial charge on any atom is 0.314 e. The first-order valence-electron chi connectivity index (χ1n) is 6.90. The van der Waals surface area contributed by atoms with E-state index < -0.39 is 5.97 Å². The van der Waals surface area contributed by atoms with Crippen LogP contribution in [-0.2, 0) is 24.2 Å². The van der Waals surface area contributed by atoms with Gasteiger partial charge in [0, 0.05) is 18.6 Å². The molecule has 0 saturated heterocycles. The van der Waals surface area contributed by atoms with Crippen LogP contribution in [0.1, 0.15) is 50.8 Å². The molecule has 0 saturated carbocycles. The van der Waals surface area contributed by atoms with E-state index in [1.807, 2.05) is 12.3 Å². The standard InChI is InChI=1S/C15H23NO2/c1-3-5-6-7-9-16-10-8-13(4-2)11-14(16)12-15(17)18/h8,10-11H,3-7,9,12H2,1-2H3/p+1. The smallest absolute Gasteiger partial charge is 0.314 e. The summed E-state index contributed by atoms with van der Waals surface area (Å²) in [5, 5.41) is 8.95. The van der Waals surface area contributed by atoms with Crippen molar-refractivity contribution in [1.82, 2.24) is 0 Å². The summed E-state index contributed by atoms with van der Waals surface area (Å²) in [5.74, 6) is -0.759. The number of aromatic nitrogens is 1. The first-order chi connectivity index (χ1) is 8.67. The summed E-state index contributed by atoms with van der Waals surface area (Å²) in [7, 11) is 0. The van der Waals surface area contributed by atoms with Gasteiger partial charge in [0.2, 0.25) is 0 Å². The molecule has 1 aromatic heterocycles. The second-order valence-corrected chi connectivity index (χ2v) is 4.70. The lowest BCUT2D eigenvalue weighted by Gasteiger charge is -2.04. The minimum Gasteiger partial charge on any atom is -0.481 e. The number of carboxylic acids is 1. The molecular formula is C15H24NO2+. The lowest BCUT2D eigenvalue weighted by molar-refractivity contribution is -0.704. The van der Waals surface area contributed by atoms with Gasteiger partial charge in [-0.15, -0.1) is 0 Å². The molecule has 0 unspecified atom stereocenters. The number of pyridine rings is 1. The fraction of sp³-hybridized carbons (Fsp3) is 0.600. The molecule has 1 N–H and O–H groups in total. The van der Waals surface area contributed by atoms with Gasteiger partial charge in [-0.1, -0.05) is 26.7 Å². The van der Waals surface area contributed by atoms with Crippen molar-refractivity contribution >= 4 is 5.97 Å². The summed E-state index contributed by atoms with van der Waals surface area (Å²) >= 11 is 0. The van der Waals surface area contributed by atoms with Crippen molar-refractivity contribution in [2.75, 3.05) is 0 Å². The van der Waals surface area contributed by atoms with Crippen molar-refractivity contribution < 1.29 is 14.5 Å². The molecule has 0 amide bonds. The van der Waals surface area contributed by atoms with Crippen LogP contribution in [0.2, 0.25) is 0 Å². The number of unbranched alkanes of at least 4 members (excludes halogenated alkanes) is 3. The lowest BCUT2D eigenvalue weighted by Crippen LogP contribution is -2.39. The van der Waals surface area contributed by atoms with Crippen LogP contribution in [0.4, 0.5) is 0 Å². The Bertz CT molecular complexity index is 388. The topological polar surface area (TPSA) is 41.2 Å². The second-order valence-electron chi connectivity index (χ2n) is 4.70. The van der Waals surface area contributed by atoms with E-state index in [-0.39, 0.29) is 6.42 Å². The molecule has 0 bridgehead atoms. The quantitative estimate of drug-likeness (QED) is 0.569. The number of rotatable bonds is 8. The normalized spacial score (nSPS) is 10.6. The molecule has 3 nitrogen and oxygen atoms in total. The van der Waals surface area contributed by atoms with Crippen LogP contribution in [-0.4, -0.2) is 11.1 Å². The predicted octanol–water partition coefficient (Wildman–Crippen LogP) is 2.74. The van der Waals surface area contributed by atoms with E-state index in [0.717, 1.165) is 25.1 Å². The minimum atomic E-state index is -0.759. The molecule has 1 rings (SSSR count). The summed E-state index contributed by atoms with van der Waals surface area (Å²) in [6, 6.07) is 4.11. The third-order valence-corrected chi connectivity index (χ3v) is 3.18. The van der Waals surface area contributed by atoms with E-state index in [0.29, 0.717) is 0 Å². The number of carboxylic acid groups (broad SMARTS) is 1. The zero-order valence-electron chi connectivity index (χ0n) is 11.5. The summed E-state index contributed by atoms with van der Waals surface area (Å²) < 4.78 is 2.09. The molecule has 1 aromatic rings. The fourth-order valence-corrected chi connectivity index (χ4v) is 2.08. The second kappa shape index (κ2) is 7.85. The number of hydrogen-bond donors (Lipinski definition) is 1. The number of aryl methyl sites for hydroxylation is 2. The van der Waals surface area contributed by atoms with Gasteiger partial charge in [-0.25, -0.2) is 4.57 Å². The predicted molar refractivity (Wildman–Crippen MR) is 71.5 cm³/mol. The number of nitrogens with zero attached hydrogens (tertiary/aromatic N) is 1. The first-order valence-corrected chi connectivity index (χ1v) is 6.90. The molecule has 0 atom stereocenters. The zero-order chi connectivity index (χ0) is 13.4. The summed E-state index contributed by atoms with van der Waals surface area (Å²) in [6.07, 6.45) is 7.90. The Morgan fingerprint density at radius 3 is 2.67 bits per heavy atom. The van der Waals surface area contributed by atoms with Gasteiger partial charge >= 0.3 is 5.97 Å². The van der Waals surface area contributed by atoms with Gasteiger partial charge in [-0.2, -0.15) is 0 Å². The largest absolute Gasteiger partial charge is 0.481 e. The van der Waals surface area contributed by atoms with E-state index in [1.165, 1.54) is 24.8 Å². The Hall–Kier alpha value is -1.38. The fourth-order valence-electron chi connectivity index (χ4n) is 2.08. The number of aliphatic carboxylic acids is 1. The van der Waals surface area contributed by atoms with E-state index >= 15 is 0 Å². The summed E-state index contributed by atoms with van der Waals surface area (Å²) in [5.41, 5.74) is 2.12. The van der Waals surface area contributed by atoms with Gasteiger partial charge in [-0.3, -0.25) is 4.79 Å². The van der Waals surface area contributed by atoms with Crippen LogP contribution < -0.4 is 4.57 Å². The number of hydrogen-bond acceptors (Lipinski definition) is 1. The molecule has 0 fully saturated rings. The summed E-state index contributed by atoms with van der Waals surface area (Å²) in [4.78, 5) is 10.9. The van der Waals surface area contributed by atoms with Gasteiger partial charge in [0.05, 0.1) is 0 Å². The average molecular weight is 250 g/mol. The highest BCUT2D eigenvalue weighted by Gasteiger charge is 2.14. The molecule has 0 radical (unpaired) electrons. The van der Waals surface area contributed by atoms with Gasteiger partial charge < -0.3 is 5.11 Å². The first kappa shape index (κ1) is 14.7. The zero-order valence-corrected chi connectivity index (χ0v) is 11.5. The van der Waals surface area contributed by atoms with Crippen molar-refractivity contribution in [1.29, 1.82) is 0 Å². The van der Waals surface area contributed by atoms with Crippen LogP contribution in [0.25, 0.3) is 0 Å². The van der Waals surface area contributed by atoms with Crippen LogP contribution in [0.3, 0.4) is 0 Å². The highest BCUT2D eigenvalue weighted by molar-refractivity contribution is 5.69. The van der Waals surface area contributed by atoms with E-state index in [2.05, 4.69) is 24.5 Å². The average Bonchev–Trinajstić information content (AvgIpc) is 2.35. The molecule has 100 valence electrons. The van der Waals surface area contributed by atoms with Crippen molar-refractivity contribution in [3.05, 3.63) is 29.6 Å². The van der Waals surface area contributed by atoms with Gasteiger partial charge in [0.1, 0.15) is 13.0 Å². The molecule has 0 aliphatic rings. The Kier molecular flexibility index (Phi) is 6.40. The maximum atomic E-state index is 10.9. The van der Waals surface area contributed by atoms with Crippen molar-refractivity contribution in [2.24, 2.45) is 0 Å². The highest BCUT2D eigenvalue weighted by atomic mass is 16.4. The molecule has 0 aromatic carbocycles. The van der Waals surface area contributed by atoms with Crippen LogP contribution >= 0.6 is 0 Å². The van der Waals surface area contributed by atoms with Crippen LogP contribution in [0, 0.1) is 0 Å². The van der Waals surface area contributed by atoms with E-state index in [1.54, 1.807) is 0 Å². The molecule has 0 aliphatic heterocycles. The van der Waals surface area contributed by atoms with Gasteiger partial charge in [0.15, 0.2) is 11.9 Å². The molecule has 0 spiro atoms. The van der Waals surface area contributed by atoms with Crippen molar-refractivity contribution in [3.63, 3.8) is 0 Å². The van der Waals surface area contributed by atoms with E-state index in [9.17, 15) is 4.79 Å². The Morgan fingerprint density at radius 2 is 2.06 bits per heavy atom. The molecule has 1 heterocycles. The van der Waals surface area contributed by atoms with Gasteiger partial charge in [0.25, 0.3) is 0 Å². The molecule has 0 aliphatic carbocycles. The Labute approximate surface area is 109 Å². The SMILES string of the molecule is CCCCCC[n+]1ccc(CC)cc1CC(=O)O. The van der Waals surface area contributed by atoms with Crippen molar-refractivity contribution in [2.45, 2.75) is 58.9 Å². The monoisotopic (exact) mass is 250 g/mol. The van der Waals surface area contributed by atoms with Crippen LogP contribution in [0.15, 0.2) is 18.3 Å². The molecular weight excluding hydrogens is 226 g/mol. The third-order valence-electron chi connectivity index (χ3n) is 3.18. The van der Waals surface area contributed by atoms with Crippen LogP contribution in [0.5, 0.6) is 0 Å². The Balaban J connectivity index is 2.71. The number of carbonyl (C=O) groups is 1.